The van der Waals surface area contributed by atoms with Gasteiger partial charge in [0.25, 0.3) is 0 Å². The van der Waals surface area contributed by atoms with Crippen LogP contribution in [0.4, 0.5) is 5.13 Å². The van der Waals surface area contributed by atoms with Gasteiger partial charge in [-0.3, -0.25) is 9.79 Å². The minimum atomic E-state index is -1.10. The molecule has 0 aliphatic heterocycles. The molecule has 0 amide bonds. The number of aromatic nitrogens is 1. The number of carboxylic acids is 1. The van der Waals surface area contributed by atoms with Crippen LogP contribution in [-0.4, -0.2) is 34.9 Å². The summed E-state index contributed by atoms with van der Waals surface area (Å²) in [5.74, 6) is -1.56. The number of fused-ring (bicyclic) bond motifs is 1. The number of benzene rings is 1. The smallest absolute Gasteiger partial charge is 0.333 e. The lowest BCUT2D eigenvalue weighted by molar-refractivity contribution is -0.140. The number of esters is 1. The summed E-state index contributed by atoms with van der Waals surface area (Å²) in [6, 6.07) is 3.97. The summed E-state index contributed by atoms with van der Waals surface area (Å²) < 4.78 is 5.33. The van der Waals surface area contributed by atoms with Gasteiger partial charge in [-0.15, -0.1) is 0 Å². The van der Waals surface area contributed by atoms with Crippen molar-refractivity contribution in [1.82, 2.24) is 4.98 Å². The maximum absolute atomic E-state index is 11.5. The first-order valence-corrected chi connectivity index (χ1v) is 7.21. The lowest BCUT2D eigenvalue weighted by Crippen LogP contribution is -2.13. The predicted octanol–water partition coefficient (Wildman–Crippen LogP) is 2.03. The number of hydrogen-bond donors (Lipinski definition) is 2. The van der Waals surface area contributed by atoms with Gasteiger partial charge in [0, 0.05) is 5.71 Å². The van der Waals surface area contributed by atoms with Crippen molar-refractivity contribution in [2.45, 2.75) is 19.4 Å². The summed E-state index contributed by atoms with van der Waals surface area (Å²) in [5.41, 5.74) is 7.25. The number of rotatable bonds is 5. The number of methoxy groups -OCH3 is 1. The summed E-state index contributed by atoms with van der Waals surface area (Å²) in [6.07, 6.45) is -0.0456. The Hall–Kier alpha value is -2.48. The van der Waals surface area contributed by atoms with Crippen LogP contribution in [0.2, 0.25) is 0 Å². The summed E-state index contributed by atoms with van der Waals surface area (Å²) in [6.45, 7) is 1.59. The first-order valence-electron chi connectivity index (χ1n) is 6.39. The van der Waals surface area contributed by atoms with Crippen LogP contribution in [0.1, 0.15) is 24.9 Å². The molecule has 0 aliphatic rings. The molecule has 1 heterocycles. The zero-order valence-electron chi connectivity index (χ0n) is 12.1. The second-order valence-corrected chi connectivity index (χ2v) is 5.70. The molecule has 1 aromatic carbocycles. The van der Waals surface area contributed by atoms with Gasteiger partial charge in [0.2, 0.25) is 0 Å². The zero-order chi connectivity index (χ0) is 16.3. The second-order valence-electron chi connectivity index (χ2n) is 4.64. The molecule has 3 N–H and O–H groups in total. The van der Waals surface area contributed by atoms with Gasteiger partial charge in [-0.25, -0.2) is 9.78 Å². The predicted molar refractivity (Wildman–Crippen MR) is 84.2 cm³/mol. The molecule has 22 heavy (non-hydrogen) atoms. The third-order valence-corrected chi connectivity index (χ3v) is 3.80. The first kappa shape index (κ1) is 15.9. The molecule has 0 saturated heterocycles. The Bertz CT molecular complexity index is 754. The van der Waals surface area contributed by atoms with Crippen LogP contribution >= 0.6 is 11.3 Å². The highest BCUT2D eigenvalue weighted by atomic mass is 32.1. The quantitative estimate of drug-likeness (QED) is 0.643. The van der Waals surface area contributed by atoms with Crippen LogP contribution in [0.5, 0.6) is 0 Å². The summed E-state index contributed by atoms with van der Waals surface area (Å²) >= 11 is 1.28. The highest BCUT2D eigenvalue weighted by Gasteiger charge is 2.20. The van der Waals surface area contributed by atoms with Crippen LogP contribution in [0.3, 0.4) is 0 Å². The second kappa shape index (κ2) is 6.52. The number of aliphatic carboxylic acids is 1. The maximum atomic E-state index is 11.5. The number of aliphatic imine (C=N–C) groups is 1. The molecule has 0 saturated carbocycles. The van der Waals surface area contributed by atoms with Crippen molar-refractivity contribution >= 4 is 44.3 Å². The highest BCUT2D eigenvalue weighted by Crippen LogP contribution is 2.28. The van der Waals surface area contributed by atoms with Gasteiger partial charge < -0.3 is 15.6 Å². The normalized spacial score (nSPS) is 13.1. The van der Waals surface area contributed by atoms with E-state index in [1.165, 1.54) is 18.4 Å². The molecule has 1 aromatic heterocycles. The van der Waals surface area contributed by atoms with E-state index in [4.69, 9.17) is 5.73 Å². The minimum Gasteiger partial charge on any atom is -0.479 e. The van der Waals surface area contributed by atoms with Crippen molar-refractivity contribution in [3.05, 3.63) is 23.8 Å². The van der Waals surface area contributed by atoms with Crippen molar-refractivity contribution in [1.29, 1.82) is 0 Å². The Labute approximate surface area is 130 Å². The van der Waals surface area contributed by atoms with Gasteiger partial charge in [-0.2, -0.15) is 0 Å². The molecule has 0 aliphatic carbocycles. The van der Waals surface area contributed by atoms with Crippen molar-refractivity contribution in [2.75, 3.05) is 12.8 Å². The van der Waals surface area contributed by atoms with Gasteiger partial charge >= 0.3 is 11.9 Å². The fourth-order valence-corrected chi connectivity index (χ4v) is 2.73. The first-order chi connectivity index (χ1) is 10.4. The van der Waals surface area contributed by atoms with Crippen LogP contribution in [0, 0.1) is 0 Å². The van der Waals surface area contributed by atoms with Gasteiger partial charge in [0.1, 0.15) is 0 Å². The fraction of sp³-hybridized carbons (Fsp3) is 0.286. The third kappa shape index (κ3) is 3.59. The molecule has 1 unspecified atom stereocenters. The number of nitrogen functional groups attached to an aromatic ring is 1. The molecule has 0 bridgehead atoms. The molecular formula is C14H15N3O4S. The van der Waals surface area contributed by atoms with Crippen molar-refractivity contribution in [2.24, 2.45) is 4.99 Å². The van der Waals surface area contributed by atoms with Crippen LogP contribution in [0.15, 0.2) is 23.2 Å². The average molecular weight is 321 g/mol. The average Bonchev–Trinajstić information content (AvgIpc) is 2.83. The van der Waals surface area contributed by atoms with Crippen molar-refractivity contribution in [3.8, 4) is 0 Å². The molecule has 116 valence electrons. The summed E-state index contributed by atoms with van der Waals surface area (Å²) in [7, 11) is 1.27. The van der Waals surface area contributed by atoms with E-state index in [1.54, 1.807) is 25.1 Å². The molecule has 0 radical (unpaired) electrons. The topological polar surface area (TPSA) is 115 Å². The van der Waals surface area contributed by atoms with E-state index < -0.39 is 18.0 Å². The third-order valence-electron chi connectivity index (χ3n) is 2.96. The highest BCUT2D eigenvalue weighted by molar-refractivity contribution is 7.22. The molecular weight excluding hydrogens is 306 g/mol. The lowest BCUT2D eigenvalue weighted by Gasteiger charge is -2.10. The molecule has 0 fully saturated rings. The Morgan fingerprint density at radius 1 is 1.50 bits per heavy atom. The molecule has 1 atom stereocenters. The number of carbonyl (C=O) groups is 2. The maximum Gasteiger partial charge on any atom is 0.333 e. The SMILES string of the molecule is COC(=O)CC(C)=NC(C(=O)O)c1ccc2nc(N)sc2c1. The van der Waals surface area contributed by atoms with E-state index in [0.717, 1.165) is 4.70 Å². The van der Waals surface area contributed by atoms with Gasteiger partial charge in [-0.05, 0) is 24.6 Å². The monoisotopic (exact) mass is 321 g/mol. The summed E-state index contributed by atoms with van der Waals surface area (Å²) in [5, 5.41) is 9.80. The van der Waals surface area contributed by atoms with Crippen LogP contribution < -0.4 is 5.73 Å². The van der Waals surface area contributed by atoms with E-state index in [9.17, 15) is 14.7 Å². The molecule has 7 nitrogen and oxygen atoms in total. The van der Waals surface area contributed by atoms with E-state index in [0.29, 0.717) is 21.9 Å². The van der Waals surface area contributed by atoms with Crippen LogP contribution in [0.25, 0.3) is 10.2 Å². The Morgan fingerprint density at radius 3 is 2.86 bits per heavy atom. The zero-order valence-corrected chi connectivity index (χ0v) is 12.9. The van der Waals surface area contributed by atoms with E-state index in [-0.39, 0.29) is 6.42 Å². The standard InChI is InChI=1S/C14H15N3O4S/c1-7(5-11(18)21-2)16-12(13(19)20)8-3-4-9-10(6-8)22-14(15)17-9/h3-4,6,12H,5H2,1-2H3,(H2,15,17)(H,19,20). The molecule has 0 spiro atoms. The largest absolute Gasteiger partial charge is 0.479 e. The minimum absolute atomic E-state index is 0.0456. The fourth-order valence-electron chi connectivity index (χ4n) is 1.95. The Balaban J connectivity index is 2.35. The van der Waals surface area contributed by atoms with Gasteiger partial charge in [0.15, 0.2) is 11.2 Å². The molecule has 2 aromatic rings. The van der Waals surface area contributed by atoms with Crippen LogP contribution in [-0.2, 0) is 14.3 Å². The van der Waals surface area contributed by atoms with E-state index in [1.807, 2.05) is 0 Å². The number of thiazole rings is 1. The van der Waals surface area contributed by atoms with Gasteiger partial charge in [0.05, 0.1) is 23.7 Å². The number of nitrogens with two attached hydrogens (primary N) is 1. The Kier molecular flexibility index (Phi) is 4.71. The van der Waals surface area contributed by atoms with E-state index in [2.05, 4.69) is 14.7 Å². The number of hydrogen-bond acceptors (Lipinski definition) is 7. The Morgan fingerprint density at radius 2 is 2.23 bits per heavy atom. The number of nitrogens with zero attached hydrogens (tertiary/aromatic N) is 2. The molecule has 2 rings (SSSR count). The number of carbonyl (C=O) groups excluding carboxylic acids is 1. The van der Waals surface area contributed by atoms with E-state index >= 15 is 0 Å². The number of ether oxygens (including phenoxy) is 1. The number of carboxylic acid groups (broad SMARTS) is 1. The van der Waals surface area contributed by atoms with Crippen molar-refractivity contribution in [3.63, 3.8) is 0 Å². The molecule has 8 heteroatoms. The summed E-state index contributed by atoms with van der Waals surface area (Å²) in [4.78, 5) is 30.9. The van der Waals surface area contributed by atoms with Crippen molar-refractivity contribution < 1.29 is 19.4 Å². The lowest BCUT2D eigenvalue weighted by atomic mass is 10.1. The number of anilines is 1. The van der Waals surface area contributed by atoms with Gasteiger partial charge in [-0.1, -0.05) is 17.4 Å².